The van der Waals surface area contributed by atoms with Crippen LogP contribution >= 0.6 is 0 Å². The van der Waals surface area contributed by atoms with Gasteiger partial charge in [-0.2, -0.15) is 0 Å². The molecule has 234 valence electrons. The van der Waals surface area contributed by atoms with E-state index in [9.17, 15) is 0 Å². The lowest BCUT2D eigenvalue weighted by Gasteiger charge is -2.15. The molecular formula is C46H29N3O. The Morgan fingerprint density at radius 1 is 0.380 bits per heavy atom. The maximum absolute atomic E-state index is 6.55. The lowest BCUT2D eigenvalue weighted by Crippen LogP contribution is -2.00. The summed E-state index contributed by atoms with van der Waals surface area (Å²) in [4.78, 5) is 14.8. The van der Waals surface area contributed by atoms with Crippen LogP contribution in [0.2, 0.25) is 0 Å². The third-order valence-corrected chi connectivity index (χ3v) is 9.82. The second-order valence-electron chi connectivity index (χ2n) is 12.8. The number of fused-ring (bicyclic) bond motifs is 6. The second-order valence-corrected chi connectivity index (χ2v) is 12.8. The summed E-state index contributed by atoms with van der Waals surface area (Å²) in [6.45, 7) is 0. The van der Waals surface area contributed by atoms with Gasteiger partial charge < -0.3 is 4.42 Å². The number of hydrogen-bond acceptors (Lipinski definition) is 4. The highest BCUT2D eigenvalue weighted by Crippen LogP contribution is 2.52. The van der Waals surface area contributed by atoms with E-state index in [1.165, 1.54) is 38.9 Å². The van der Waals surface area contributed by atoms with E-state index in [4.69, 9.17) is 19.4 Å². The Labute approximate surface area is 289 Å². The summed E-state index contributed by atoms with van der Waals surface area (Å²) in [6.07, 6.45) is 0. The smallest absolute Gasteiger partial charge is 0.164 e. The van der Waals surface area contributed by atoms with Crippen LogP contribution in [-0.2, 0) is 0 Å². The van der Waals surface area contributed by atoms with Crippen molar-refractivity contribution >= 4 is 21.9 Å². The maximum atomic E-state index is 6.55. The highest BCUT2D eigenvalue weighted by molar-refractivity contribution is 6.06. The fourth-order valence-corrected chi connectivity index (χ4v) is 7.52. The summed E-state index contributed by atoms with van der Waals surface area (Å²) in [7, 11) is 0. The van der Waals surface area contributed by atoms with Crippen molar-refractivity contribution in [3.8, 4) is 56.4 Å². The van der Waals surface area contributed by atoms with E-state index < -0.39 is 0 Å². The van der Waals surface area contributed by atoms with Gasteiger partial charge in [-0.25, -0.2) is 15.0 Å². The van der Waals surface area contributed by atoms with Crippen molar-refractivity contribution in [1.82, 2.24) is 15.0 Å². The van der Waals surface area contributed by atoms with Crippen molar-refractivity contribution in [3.63, 3.8) is 0 Å². The molecule has 0 spiro atoms. The summed E-state index contributed by atoms with van der Waals surface area (Å²) >= 11 is 0. The summed E-state index contributed by atoms with van der Waals surface area (Å²) in [5, 5.41) is 2.10. The Balaban J connectivity index is 1.09. The molecule has 7 aromatic carbocycles. The van der Waals surface area contributed by atoms with Gasteiger partial charge in [0, 0.05) is 33.4 Å². The molecule has 1 unspecified atom stereocenters. The third kappa shape index (κ3) is 4.65. The van der Waals surface area contributed by atoms with Crippen LogP contribution in [0.25, 0.3) is 78.4 Å². The molecule has 1 aliphatic carbocycles. The van der Waals surface area contributed by atoms with Crippen molar-refractivity contribution in [3.05, 3.63) is 187 Å². The van der Waals surface area contributed by atoms with E-state index >= 15 is 0 Å². The monoisotopic (exact) mass is 639 g/mol. The van der Waals surface area contributed by atoms with Crippen molar-refractivity contribution in [2.75, 3.05) is 0 Å². The minimum atomic E-state index is 0.107. The highest BCUT2D eigenvalue weighted by atomic mass is 16.3. The van der Waals surface area contributed by atoms with Gasteiger partial charge in [0.1, 0.15) is 11.2 Å². The van der Waals surface area contributed by atoms with Gasteiger partial charge >= 0.3 is 0 Å². The molecule has 1 atom stereocenters. The molecule has 0 amide bonds. The predicted molar refractivity (Wildman–Crippen MR) is 202 cm³/mol. The van der Waals surface area contributed by atoms with Crippen LogP contribution in [0.3, 0.4) is 0 Å². The number of rotatable bonds is 5. The molecule has 0 bridgehead atoms. The zero-order valence-electron chi connectivity index (χ0n) is 27.0. The number of nitrogens with zero attached hydrogens (tertiary/aromatic N) is 3. The first-order chi connectivity index (χ1) is 24.8. The van der Waals surface area contributed by atoms with Crippen LogP contribution < -0.4 is 0 Å². The second kappa shape index (κ2) is 11.5. The van der Waals surface area contributed by atoms with Gasteiger partial charge in [0.2, 0.25) is 0 Å². The van der Waals surface area contributed by atoms with Gasteiger partial charge in [-0.3, -0.25) is 0 Å². The van der Waals surface area contributed by atoms with E-state index in [0.29, 0.717) is 17.5 Å². The molecule has 4 heteroatoms. The van der Waals surface area contributed by atoms with Crippen LogP contribution in [-0.4, -0.2) is 15.0 Å². The molecule has 1 aliphatic rings. The Hall–Kier alpha value is -6.65. The van der Waals surface area contributed by atoms with E-state index in [0.717, 1.165) is 38.6 Å². The fourth-order valence-electron chi connectivity index (χ4n) is 7.52. The molecule has 0 saturated heterocycles. The van der Waals surface area contributed by atoms with Crippen LogP contribution in [0.15, 0.2) is 174 Å². The third-order valence-electron chi connectivity index (χ3n) is 9.82. The molecule has 0 fully saturated rings. The SMILES string of the molecule is c1ccc(-c2nc(-c3ccccc3)nc(-c3ccc4oc5cc(C6c7ccccc7-c7c(-c8ccccc8)cccc76)ccc5c4c3)n2)cc1. The van der Waals surface area contributed by atoms with Crippen molar-refractivity contribution in [1.29, 1.82) is 0 Å². The van der Waals surface area contributed by atoms with Gasteiger partial charge in [-0.05, 0) is 63.2 Å². The first kappa shape index (κ1) is 28.4. The molecule has 4 nitrogen and oxygen atoms in total. The predicted octanol–water partition coefficient (Wildman–Crippen LogP) is 11.6. The molecular weight excluding hydrogens is 611 g/mol. The average molecular weight is 640 g/mol. The van der Waals surface area contributed by atoms with Gasteiger partial charge in [0.05, 0.1) is 0 Å². The topological polar surface area (TPSA) is 51.8 Å². The van der Waals surface area contributed by atoms with Crippen molar-refractivity contribution < 1.29 is 4.42 Å². The molecule has 9 aromatic rings. The molecule has 10 rings (SSSR count). The Bertz CT molecular complexity index is 2640. The average Bonchev–Trinajstić information content (AvgIpc) is 3.73. The molecule has 0 aliphatic heterocycles. The number of aromatic nitrogens is 3. The van der Waals surface area contributed by atoms with Crippen LogP contribution in [0.5, 0.6) is 0 Å². The quantitative estimate of drug-likeness (QED) is 0.188. The minimum Gasteiger partial charge on any atom is -0.456 e. The lowest BCUT2D eigenvalue weighted by atomic mass is 9.88. The Morgan fingerprint density at radius 2 is 0.960 bits per heavy atom. The summed E-state index contributed by atoms with van der Waals surface area (Å²) < 4.78 is 6.55. The van der Waals surface area contributed by atoms with Crippen LogP contribution in [0.1, 0.15) is 22.6 Å². The van der Waals surface area contributed by atoms with E-state index in [2.05, 4.69) is 97.1 Å². The lowest BCUT2D eigenvalue weighted by molar-refractivity contribution is 0.668. The first-order valence-electron chi connectivity index (χ1n) is 16.9. The highest BCUT2D eigenvalue weighted by Gasteiger charge is 2.32. The van der Waals surface area contributed by atoms with Gasteiger partial charge in [-0.1, -0.05) is 146 Å². The summed E-state index contributed by atoms with van der Waals surface area (Å²) in [5.74, 6) is 2.02. The number of benzene rings is 7. The van der Waals surface area contributed by atoms with E-state index in [1.54, 1.807) is 0 Å². The van der Waals surface area contributed by atoms with E-state index in [-0.39, 0.29) is 5.92 Å². The minimum absolute atomic E-state index is 0.107. The molecule has 0 N–H and O–H groups in total. The molecule has 0 saturated carbocycles. The Kier molecular flexibility index (Phi) is 6.53. The largest absolute Gasteiger partial charge is 0.456 e. The molecule has 2 heterocycles. The maximum Gasteiger partial charge on any atom is 0.164 e. The van der Waals surface area contributed by atoms with Crippen molar-refractivity contribution in [2.24, 2.45) is 0 Å². The molecule has 50 heavy (non-hydrogen) atoms. The van der Waals surface area contributed by atoms with Gasteiger partial charge in [0.15, 0.2) is 17.5 Å². The normalized spacial score (nSPS) is 13.4. The van der Waals surface area contributed by atoms with Gasteiger partial charge in [-0.15, -0.1) is 0 Å². The Morgan fingerprint density at radius 3 is 1.66 bits per heavy atom. The van der Waals surface area contributed by atoms with Crippen LogP contribution in [0, 0.1) is 0 Å². The molecule has 2 aromatic heterocycles. The fraction of sp³-hybridized carbons (Fsp3) is 0.0217. The summed E-state index contributed by atoms with van der Waals surface area (Å²) in [5.41, 5.74) is 13.5. The molecule has 0 radical (unpaired) electrons. The standard InChI is InChI=1S/C46H29N3O/c1-4-13-29(14-5-1)34-21-12-22-38-42(36-19-10-11-20-37(36)43(34)38)32-23-25-35-39-27-33(24-26-40(39)50-41(35)28-32)46-48-44(30-15-6-2-7-16-30)47-45(49-46)31-17-8-3-9-18-31/h1-28,42H. The van der Waals surface area contributed by atoms with Gasteiger partial charge in [0.25, 0.3) is 0 Å². The van der Waals surface area contributed by atoms with Crippen LogP contribution in [0.4, 0.5) is 0 Å². The zero-order chi connectivity index (χ0) is 33.0. The first-order valence-corrected chi connectivity index (χ1v) is 16.9. The van der Waals surface area contributed by atoms with Crippen molar-refractivity contribution in [2.45, 2.75) is 5.92 Å². The van der Waals surface area contributed by atoms with E-state index in [1.807, 2.05) is 72.8 Å². The zero-order valence-corrected chi connectivity index (χ0v) is 27.0. The summed E-state index contributed by atoms with van der Waals surface area (Å²) in [6, 6.07) is 59.3. The number of furan rings is 1. The number of hydrogen-bond donors (Lipinski definition) is 0.